The van der Waals surface area contributed by atoms with Gasteiger partial charge in [-0.25, -0.2) is 0 Å². The molecular weight excluding hydrogens is 276 g/mol. The van der Waals surface area contributed by atoms with Crippen molar-refractivity contribution < 1.29 is 9.53 Å². The Hall–Kier alpha value is -2.20. The Kier molecular flexibility index (Phi) is 4.48. The summed E-state index contributed by atoms with van der Waals surface area (Å²) in [4.78, 5) is 11.8. The van der Waals surface area contributed by atoms with Crippen LogP contribution >= 0.6 is 11.6 Å². The highest BCUT2D eigenvalue weighted by Crippen LogP contribution is 2.22. The molecule has 0 aliphatic rings. The van der Waals surface area contributed by atoms with E-state index in [9.17, 15) is 4.79 Å². The average molecular weight is 291 g/mol. The minimum atomic E-state index is -0.271. The first-order valence-electron chi connectivity index (χ1n) is 6.09. The van der Waals surface area contributed by atoms with Gasteiger partial charge < -0.3 is 15.8 Å². The van der Waals surface area contributed by atoms with Gasteiger partial charge in [-0.1, -0.05) is 23.7 Å². The monoisotopic (exact) mass is 290 g/mol. The molecule has 5 heteroatoms. The maximum atomic E-state index is 11.8. The van der Waals surface area contributed by atoms with E-state index in [0.29, 0.717) is 22.1 Å². The number of nitrogens with two attached hydrogens (primary N) is 1. The molecule has 4 nitrogen and oxygen atoms in total. The summed E-state index contributed by atoms with van der Waals surface area (Å²) in [6, 6.07) is 12.3. The van der Waals surface area contributed by atoms with Gasteiger partial charge in [-0.15, -0.1) is 0 Å². The largest absolute Gasteiger partial charge is 0.482 e. The standard InChI is InChI=1S/C15H15ClN2O2/c1-10-5-6-14(13(17)7-10)20-9-15(19)18-12-4-2-3-11(16)8-12/h2-8H,9,17H2,1H3,(H,18,19). The van der Waals surface area contributed by atoms with Gasteiger partial charge in [0.25, 0.3) is 5.91 Å². The Labute approximate surface area is 122 Å². The normalized spacial score (nSPS) is 10.1. The third-order valence-electron chi connectivity index (χ3n) is 2.63. The van der Waals surface area contributed by atoms with Gasteiger partial charge in [0.1, 0.15) is 5.75 Å². The molecule has 0 atom stereocenters. The third-order valence-corrected chi connectivity index (χ3v) is 2.87. The molecule has 0 unspecified atom stereocenters. The summed E-state index contributed by atoms with van der Waals surface area (Å²) < 4.78 is 5.39. The molecule has 0 fully saturated rings. The Morgan fingerprint density at radius 1 is 1.30 bits per heavy atom. The number of nitrogen functional groups attached to an aromatic ring is 1. The summed E-state index contributed by atoms with van der Waals surface area (Å²) in [7, 11) is 0. The number of ether oxygens (including phenoxy) is 1. The van der Waals surface area contributed by atoms with Crippen LogP contribution in [0.2, 0.25) is 5.02 Å². The Morgan fingerprint density at radius 3 is 2.80 bits per heavy atom. The van der Waals surface area contributed by atoms with Crippen molar-refractivity contribution in [3.63, 3.8) is 0 Å². The molecule has 0 bridgehead atoms. The van der Waals surface area contributed by atoms with E-state index < -0.39 is 0 Å². The van der Waals surface area contributed by atoms with Crippen molar-refractivity contribution in [2.75, 3.05) is 17.7 Å². The van der Waals surface area contributed by atoms with E-state index in [2.05, 4.69) is 5.32 Å². The van der Waals surface area contributed by atoms with Crippen LogP contribution in [0.3, 0.4) is 0 Å². The second-order valence-electron chi connectivity index (χ2n) is 4.39. The zero-order valence-corrected chi connectivity index (χ0v) is 11.8. The van der Waals surface area contributed by atoms with Crippen LogP contribution in [0.25, 0.3) is 0 Å². The van der Waals surface area contributed by atoms with E-state index in [1.165, 1.54) is 0 Å². The lowest BCUT2D eigenvalue weighted by Gasteiger charge is -2.10. The molecule has 0 spiro atoms. The fourth-order valence-electron chi connectivity index (χ4n) is 1.71. The van der Waals surface area contributed by atoms with Crippen molar-refractivity contribution >= 4 is 28.9 Å². The van der Waals surface area contributed by atoms with Crippen LogP contribution in [-0.2, 0) is 4.79 Å². The van der Waals surface area contributed by atoms with Crippen molar-refractivity contribution in [1.82, 2.24) is 0 Å². The topological polar surface area (TPSA) is 64.3 Å². The molecule has 0 aliphatic heterocycles. The van der Waals surface area contributed by atoms with Crippen molar-refractivity contribution in [3.05, 3.63) is 53.1 Å². The van der Waals surface area contributed by atoms with E-state index in [1.54, 1.807) is 36.4 Å². The van der Waals surface area contributed by atoms with Crippen LogP contribution in [-0.4, -0.2) is 12.5 Å². The van der Waals surface area contributed by atoms with Gasteiger partial charge in [0.2, 0.25) is 0 Å². The number of hydrogen-bond acceptors (Lipinski definition) is 3. The lowest BCUT2D eigenvalue weighted by atomic mass is 10.2. The minimum Gasteiger partial charge on any atom is -0.482 e. The zero-order valence-electron chi connectivity index (χ0n) is 11.0. The summed E-state index contributed by atoms with van der Waals surface area (Å²) in [5.74, 6) is 0.226. The molecule has 3 N–H and O–H groups in total. The van der Waals surface area contributed by atoms with Gasteiger partial charge in [-0.3, -0.25) is 4.79 Å². The van der Waals surface area contributed by atoms with Crippen molar-refractivity contribution in [1.29, 1.82) is 0 Å². The predicted molar refractivity (Wildman–Crippen MR) is 81.2 cm³/mol. The number of carbonyl (C=O) groups is 1. The Morgan fingerprint density at radius 2 is 2.10 bits per heavy atom. The molecule has 2 aromatic rings. The van der Waals surface area contributed by atoms with E-state index in [-0.39, 0.29) is 12.5 Å². The number of aryl methyl sites for hydroxylation is 1. The highest BCUT2D eigenvalue weighted by molar-refractivity contribution is 6.30. The molecule has 0 saturated heterocycles. The molecule has 0 heterocycles. The maximum absolute atomic E-state index is 11.8. The number of rotatable bonds is 4. The van der Waals surface area contributed by atoms with Crippen molar-refractivity contribution in [2.45, 2.75) is 6.92 Å². The van der Waals surface area contributed by atoms with Crippen molar-refractivity contribution in [2.24, 2.45) is 0 Å². The Balaban J connectivity index is 1.92. The van der Waals surface area contributed by atoms with Gasteiger partial charge in [0.15, 0.2) is 6.61 Å². The third kappa shape index (κ3) is 3.90. The maximum Gasteiger partial charge on any atom is 0.262 e. The number of amides is 1. The quantitative estimate of drug-likeness (QED) is 0.850. The molecule has 20 heavy (non-hydrogen) atoms. The number of anilines is 2. The van der Waals surface area contributed by atoms with Gasteiger partial charge in [-0.05, 0) is 42.8 Å². The molecule has 2 rings (SSSR count). The van der Waals surface area contributed by atoms with Crippen LogP contribution in [0.5, 0.6) is 5.75 Å². The fraction of sp³-hybridized carbons (Fsp3) is 0.133. The Bertz CT molecular complexity index is 629. The minimum absolute atomic E-state index is 0.111. The number of carbonyl (C=O) groups excluding carboxylic acids is 1. The van der Waals surface area contributed by atoms with Crippen LogP contribution in [0, 0.1) is 6.92 Å². The lowest BCUT2D eigenvalue weighted by molar-refractivity contribution is -0.118. The SMILES string of the molecule is Cc1ccc(OCC(=O)Nc2cccc(Cl)c2)c(N)c1. The first-order valence-corrected chi connectivity index (χ1v) is 6.47. The summed E-state index contributed by atoms with van der Waals surface area (Å²) in [6.07, 6.45) is 0. The van der Waals surface area contributed by atoms with E-state index >= 15 is 0 Å². The van der Waals surface area contributed by atoms with Crippen LogP contribution in [0.15, 0.2) is 42.5 Å². The molecule has 0 aromatic heterocycles. The molecule has 1 amide bonds. The number of benzene rings is 2. The fourth-order valence-corrected chi connectivity index (χ4v) is 1.90. The first-order chi connectivity index (χ1) is 9.54. The molecule has 0 aliphatic carbocycles. The van der Waals surface area contributed by atoms with Gasteiger partial charge in [-0.2, -0.15) is 0 Å². The van der Waals surface area contributed by atoms with Crippen molar-refractivity contribution in [3.8, 4) is 5.75 Å². The van der Waals surface area contributed by atoms with Gasteiger partial charge in [0.05, 0.1) is 5.69 Å². The highest BCUT2D eigenvalue weighted by Gasteiger charge is 2.06. The second-order valence-corrected chi connectivity index (χ2v) is 4.82. The summed E-state index contributed by atoms with van der Waals surface area (Å²) in [5, 5.41) is 3.26. The van der Waals surface area contributed by atoms with Gasteiger partial charge in [0, 0.05) is 10.7 Å². The predicted octanol–water partition coefficient (Wildman–Crippen LogP) is 3.25. The molecule has 0 saturated carbocycles. The number of hydrogen-bond donors (Lipinski definition) is 2. The van der Waals surface area contributed by atoms with E-state index in [4.69, 9.17) is 22.1 Å². The average Bonchev–Trinajstić information content (AvgIpc) is 2.37. The molecular formula is C15H15ClN2O2. The number of nitrogens with one attached hydrogen (secondary N) is 1. The van der Waals surface area contributed by atoms with E-state index in [0.717, 1.165) is 5.56 Å². The molecule has 2 aromatic carbocycles. The lowest BCUT2D eigenvalue weighted by Crippen LogP contribution is -2.20. The second kappa shape index (κ2) is 6.30. The molecule has 0 radical (unpaired) electrons. The molecule has 104 valence electrons. The summed E-state index contributed by atoms with van der Waals surface area (Å²) >= 11 is 5.84. The van der Waals surface area contributed by atoms with Crippen LogP contribution in [0.1, 0.15) is 5.56 Å². The summed E-state index contributed by atoms with van der Waals surface area (Å²) in [6.45, 7) is 1.83. The van der Waals surface area contributed by atoms with Gasteiger partial charge >= 0.3 is 0 Å². The van der Waals surface area contributed by atoms with Crippen LogP contribution < -0.4 is 15.8 Å². The number of halogens is 1. The van der Waals surface area contributed by atoms with Crippen LogP contribution in [0.4, 0.5) is 11.4 Å². The highest BCUT2D eigenvalue weighted by atomic mass is 35.5. The summed E-state index contributed by atoms with van der Waals surface area (Å²) in [5.41, 5.74) is 7.99. The smallest absolute Gasteiger partial charge is 0.262 e. The zero-order chi connectivity index (χ0) is 14.5. The first kappa shape index (κ1) is 14.2. The van der Waals surface area contributed by atoms with E-state index in [1.807, 2.05) is 13.0 Å².